The van der Waals surface area contributed by atoms with Crippen LogP contribution in [0.2, 0.25) is 0 Å². The summed E-state index contributed by atoms with van der Waals surface area (Å²) in [5.74, 6) is 1.18. The summed E-state index contributed by atoms with van der Waals surface area (Å²) < 4.78 is 10.4. The van der Waals surface area contributed by atoms with Crippen LogP contribution in [0.4, 0.5) is 5.69 Å². The van der Waals surface area contributed by atoms with Crippen LogP contribution in [0, 0.1) is 0 Å². The van der Waals surface area contributed by atoms with Gasteiger partial charge in [0.1, 0.15) is 11.5 Å². The Labute approximate surface area is 123 Å². The van der Waals surface area contributed by atoms with Crippen LogP contribution in [0.25, 0.3) is 0 Å². The van der Waals surface area contributed by atoms with E-state index in [1.165, 1.54) is 5.56 Å². The molecule has 3 rings (SSSR count). The van der Waals surface area contributed by atoms with Crippen molar-refractivity contribution in [2.75, 3.05) is 26.1 Å². The normalized spacial score (nSPS) is 12.5. The van der Waals surface area contributed by atoms with Crippen molar-refractivity contribution in [2.45, 2.75) is 6.42 Å². The van der Waals surface area contributed by atoms with Gasteiger partial charge in [-0.05, 0) is 30.2 Å². The highest BCUT2D eigenvalue weighted by Crippen LogP contribution is 2.27. The molecule has 0 spiro atoms. The molecule has 0 aromatic heterocycles. The van der Waals surface area contributed by atoms with Gasteiger partial charge in [-0.3, -0.25) is 4.79 Å². The average Bonchev–Trinajstić information content (AvgIpc) is 3.01. The molecule has 0 atom stereocenters. The van der Waals surface area contributed by atoms with Gasteiger partial charge in [-0.1, -0.05) is 12.1 Å². The van der Waals surface area contributed by atoms with Crippen molar-refractivity contribution in [1.29, 1.82) is 0 Å². The van der Waals surface area contributed by atoms with Crippen molar-refractivity contribution >= 4 is 11.5 Å². The van der Waals surface area contributed by atoms with Crippen LogP contribution in [0.3, 0.4) is 0 Å². The van der Waals surface area contributed by atoms with Crippen LogP contribution in [-0.4, -0.2) is 26.5 Å². The van der Waals surface area contributed by atoms with Crippen LogP contribution in [-0.2, 0) is 6.42 Å². The lowest BCUT2D eigenvalue weighted by Gasteiger charge is -2.09. The third-order valence-corrected chi connectivity index (χ3v) is 3.70. The molecule has 0 bridgehead atoms. The highest BCUT2D eigenvalue weighted by molar-refractivity contribution is 6.10. The van der Waals surface area contributed by atoms with E-state index in [0.29, 0.717) is 22.6 Å². The predicted octanol–water partition coefficient (Wildman–Crippen LogP) is 2.90. The highest BCUT2D eigenvalue weighted by atomic mass is 16.5. The maximum Gasteiger partial charge on any atom is 0.193 e. The molecule has 21 heavy (non-hydrogen) atoms. The van der Waals surface area contributed by atoms with Crippen molar-refractivity contribution in [3.8, 4) is 11.5 Å². The molecule has 1 heterocycles. The fourth-order valence-corrected chi connectivity index (χ4v) is 2.54. The van der Waals surface area contributed by atoms with Crippen LogP contribution in [0.5, 0.6) is 11.5 Å². The number of carbonyl (C=O) groups is 1. The molecule has 0 aliphatic carbocycles. The summed E-state index contributed by atoms with van der Waals surface area (Å²) in [4.78, 5) is 12.6. The minimum absolute atomic E-state index is 0.0382. The molecule has 2 aromatic rings. The molecule has 0 amide bonds. The fraction of sp³-hybridized carbons (Fsp3) is 0.235. The Kier molecular flexibility index (Phi) is 3.52. The first kappa shape index (κ1) is 13.5. The van der Waals surface area contributed by atoms with Gasteiger partial charge in [0.2, 0.25) is 0 Å². The SMILES string of the molecule is COc1cc(OC)cc(C(=O)c2ccc3c(c2)NCC3)c1. The lowest BCUT2D eigenvalue weighted by atomic mass is 10.0. The Balaban J connectivity index is 1.98. The van der Waals surface area contributed by atoms with E-state index in [1.54, 1.807) is 32.4 Å². The Bertz CT molecular complexity index is 672. The summed E-state index contributed by atoms with van der Waals surface area (Å²) in [6.07, 6.45) is 1.01. The fourth-order valence-electron chi connectivity index (χ4n) is 2.54. The number of hydrogen-bond donors (Lipinski definition) is 1. The maximum atomic E-state index is 12.6. The number of ketones is 1. The summed E-state index contributed by atoms with van der Waals surface area (Å²) in [5, 5.41) is 3.29. The van der Waals surface area contributed by atoms with Gasteiger partial charge in [-0.2, -0.15) is 0 Å². The van der Waals surface area contributed by atoms with Gasteiger partial charge in [0.25, 0.3) is 0 Å². The molecule has 4 nitrogen and oxygen atoms in total. The second-order valence-corrected chi connectivity index (χ2v) is 4.98. The first-order valence-corrected chi connectivity index (χ1v) is 6.86. The van der Waals surface area contributed by atoms with E-state index in [9.17, 15) is 4.79 Å². The second-order valence-electron chi connectivity index (χ2n) is 4.98. The first-order valence-electron chi connectivity index (χ1n) is 6.86. The molecule has 0 saturated heterocycles. The summed E-state index contributed by atoms with van der Waals surface area (Å²) in [6.45, 7) is 0.931. The van der Waals surface area contributed by atoms with E-state index >= 15 is 0 Å². The Hall–Kier alpha value is -2.49. The number of benzene rings is 2. The maximum absolute atomic E-state index is 12.6. The van der Waals surface area contributed by atoms with E-state index in [-0.39, 0.29) is 5.78 Å². The largest absolute Gasteiger partial charge is 0.497 e. The van der Waals surface area contributed by atoms with Crippen molar-refractivity contribution in [3.05, 3.63) is 53.1 Å². The van der Waals surface area contributed by atoms with Gasteiger partial charge in [-0.15, -0.1) is 0 Å². The second kappa shape index (κ2) is 5.48. The Morgan fingerprint density at radius 2 is 1.71 bits per heavy atom. The molecule has 0 saturated carbocycles. The van der Waals surface area contributed by atoms with Gasteiger partial charge < -0.3 is 14.8 Å². The number of anilines is 1. The zero-order valence-corrected chi connectivity index (χ0v) is 12.1. The molecule has 4 heteroatoms. The minimum atomic E-state index is -0.0382. The van der Waals surface area contributed by atoms with E-state index in [4.69, 9.17) is 9.47 Å². The number of methoxy groups -OCH3 is 2. The first-order chi connectivity index (χ1) is 10.2. The van der Waals surface area contributed by atoms with Crippen molar-refractivity contribution < 1.29 is 14.3 Å². The van der Waals surface area contributed by atoms with Crippen LogP contribution in [0.15, 0.2) is 36.4 Å². The van der Waals surface area contributed by atoms with E-state index in [1.807, 2.05) is 18.2 Å². The smallest absolute Gasteiger partial charge is 0.193 e. The molecule has 1 N–H and O–H groups in total. The zero-order chi connectivity index (χ0) is 14.8. The standard InChI is InChI=1S/C17H17NO3/c1-20-14-7-13(8-15(10-14)21-2)17(19)12-4-3-11-5-6-18-16(11)9-12/h3-4,7-10,18H,5-6H2,1-2H3. The van der Waals surface area contributed by atoms with Gasteiger partial charge in [-0.25, -0.2) is 0 Å². The number of carbonyl (C=O) groups excluding carboxylic acids is 1. The molecule has 108 valence electrons. The lowest BCUT2D eigenvalue weighted by molar-refractivity contribution is 0.103. The van der Waals surface area contributed by atoms with Crippen molar-refractivity contribution in [1.82, 2.24) is 0 Å². The van der Waals surface area contributed by atoms with Crippen LogP contribution in [0.1, 0.15) is 21.5 Å². The topological polar surface area (TPSA) is 47.6 Å². The van der Waals surface area contributed by atoms with Crippen LogP contribution >= 0.6 is 0 Å². The van der Waals surface area contributed by atoms with E-state index in [0.717, 1.165) is 18.7 Å². The summed E-state index contributed by atoms with van der Waals surface area (Å²) in [7, 11) is 3.14. The minimum Gasteiger partial charge on any atom is -0.497 e. The number of rotatable bonds is 4. The molecule has 0 fully saturated rings. The average molecular weight is 283 g/mol. The molecular weight excluding hydrogens is 266 g/mol. The van der Waals surface area contributed by atoms with Crippen LogP contribution < -0.4 is 14.8 Å². The lowest BCUT2D eigenvalue weighted by Crippen LogP contribution is -2.03. The summed E-state index contributed by atoms with van der Waals surface area (Å²) in [5.41, 5.74) is 3.54. The predicted molar refractivity (Wildman–Crippen MR) is 81.6 cm³/mol. The third-order valence-electron chi connectivity index (χ3n) is 3.70. The van der Waals surface area contributed by atoms with Crippen molar-refractivity contribution in [2.24, 2.45) is 0 Å². The number of ether oxygens (including phenoxy) is 2. The number of hydrogen-bond acceptors (Lipinski definition) is 4. The van der Waals surface area contributed by atoms with Gasteiger partial charge in [0.15, 0.2) is 5.78 Å². The number of fused-ring (bicyclic) bond motifs is 1. The molecule has 0 unspecified atom stereocenters. The Morgan fingerprint density at radius 3 is 2.38 bits per heavy atom. The number of nitrogens with one attached hydrogen (secondary N) is 1. The summed E-state index contributed by atoms with van der Waals surface area (Å²) >= 11 is 0. The zero-order valence-electron chi connectivity index (χ0n) is 12.1. The van der Waals surface area contributed by atoms with Gasteiger partial charge in [0, 0.05) is 29.4 Å². The third kappa shape index (κ3) is 2.57. The molecule has 1 aliphatic heterocycles. The van der Waals surface area contributed by atoms with Crippen molar-refractivity contribution in [3.63, 3.8) is 0 Å². The van der Waals surface area contributed by atoms with E-state index < -0.39 is 0 Å². The molecule has 2 aromatic carbocycles. The van der Waals surface area contributed by atoms with E-state index in [2.05, 4.69) is 5.32 Å². The Morgan fingerprint density at radius 1 is 1.00 bits per heavy atom. The quantitative estimate of drug-likeness (QED) is 0.876. The molecule has 0 radical (unpaired) electrons. The molecular formula is C17H17NO3. The molecule has 1 aliphatic rings. The van der Waals surface area contributed by atoms with Gasteiger partial charge in [0.05, 0.1) is 14.2 Å². The monoisotopic (exact) mass is 283 g/mol. The van der Waals surface area contributed by atoms with Gasteiger partial charge >= 0.3 is 0 Å². The highest BCUT2D eigenvalue weighted by Gasteiger charge is 2.16. The summed E-state index contributed by atoms with van der Waals surface area (Å²) in [6, 6.07) is 11.0.